The van der Waals surface area contributed by atoms with Gasteiger partial charge >= 0.3 is 0 Å². The van der Waals surface area contributed by atoms with E-state index in [2.05, 4.69) is 50.9 Å². The zero-order valence-corrected chi connectivity index (χ0v) is 9.32. The molecular formula is C12H16S. The fourth-order valence-electron chi connectivity index (χ4n) is 1.14. The molecule has 0 N–H and O–H groups in total. The highest BCUT2D eigenvalue weighted by Crippen LogP contribution is 2.23. The Hall–Kier alpha value is -0.690. The molecule has 0 atom stereocenters. The van der Waals surface area contributed by atoms with Gasteiger partial charge in [-0.2, -0.15) is 0 Å². The van der Waals surface area contributed by atoms with Crippen LogP contribution in [-0.2, 0) is 0 Å². The van der Waals surface area contributed by atoms with E-state index in [9.17, 15) is 0 Å². The summed E-state index contributed by atoms with van der Waals surface area (Å²) in [5.74, 6) is 0.528. The molecule has 0 amide bonds. The molecule has 1 aromatic rings. The molecule has 0 heterocycles. The van der Waals surface area contributed by atoms with Gasteiger partial charge in [-0.25, -0.2) is 0 Å². The van der Waals surface area contributed by atoms with Crippen molar-refractivity contribution in [3.8, 4) is 0 Å². The van der Waals surface area contributed by atoms with E-state index < -0.39 is 0 Å². The smallest absolute Gasteiger partial charge is 0.00695 e. The molecule has 1 heteroatoms. The quantitative estimate of drug-likeness (QED) is 0.650. The van der Waals surface area contributed by atoms with E-state index in [1.807, 2.05) is 0 Å². The Morgan fingerprint density at radius 2 is 1.77 bits per heavy atom. The van der Waals surface area contributed by atoms with Gasteiger partial charge in [-0.3, -0.25) is 0 Å². The van der Waals surface area contributed by atoms with Gasteiger partial charge in [-0.15, -0.1) is 11.8 Å². The summed E-state index contributed by atoms with van der Waals surface area (Å²) in [4.78, 5) is 1.31. The third kappa shape index (κ3) is 2.63. The van der Waals surface area contributed by atoms with E-state index in [0.717, 1.165) is 0 Å². The highest BCUT2D eigenvalue weighted by Gasteiger charge is 2.02. The van der Waals surface area contributed by atoms with Crippen LogP contribution in [0.3, 0.4) is 0 Å². The van der Waals surface area contributed by atoms with E-state index >= 15 is 0 Å². The van der Waals surface area contributed by atoms with Crippen LogP contribution in [-0.4, -0.2) is 6.26 Å². The van der Waals surface area contributed by atoms with Gasteiger partial charge in [0.2, 0.25) is 0 Å². The molecule has 0 unspecified atom stereocenters. The van der Waals surface area contributed by atoms with Crippen molar-refractivity contribution in [3.63, 3.8) is 0 Å². The highest BCUT2D eigenvalue weighted by atomic mass is 32.2. The van der Waals surface area contributed by atoms with Gasteiger partial charge in [0.05, 0.1) is 0 Å². The second kappa shape index (κ2) is 4.52. The van der Waals surface area contributed by atoms with Crippen LogP contribution in [0, 0.1) is 5.92 Å². The van der Waals surface area contributed by atoms with Crippen molar-refractivity contribution in [2.45, 2.75) is 18.7 Å². The minimum atomic E-state index is 0.528. The molecule has 0 aliphatic heterocycles. The summed E-state index contributed by atoms with van der Waals surface area (Å²) in [6.07, 6.45) is 2.09. The first kappa shape index (κ1) is 10.4. The normalized spacial score (nSPS) is 10.5. The predicted molar refractivity (Wildman–Crippen MR) is 62.1 cm³/mol. The third-order valence-electron chi connectivity index (χ3n) is 2.16. The second-order valence-electron chi connectivity index (χ2n) is 3.41. The lowest BCUT2D eigenvalue weighted by molar-refractivity contribution is 0.857. The average molecular weight is 192 g/mol. The summed E-state index contributed by atoms with van der Waals surface area (Å²) in [6, 6.07) is 8.59. The number of allylic oxidation sites excluding steroid dienone is 1. The zero-order chi connectivity index (χ0) is 9.84. The van der Waals surface area contributed by atoms with Gasteiger partial charge in [-0.05, 0) is 35.4 Å². The first-order valence-corrected chi connectivity index (χ1v) is 5.71. The molecule has 1 rings (SSSR count). The SMILES string of the molecule is C=C(c1ccc(SC)cc1)C(C)C. The van der Waals surface area contributed by atoms with E-state index in [4.69, 9.17) is 0 Å². The Kier molecular flexibility index (Phi) is 3.61. The van der Waals surface area contributed by atoms with Gasteiger partial charge in [0.15, 0.2) is 0 Å². The van der Waals surface area contributed by atoms with E-state index in [-0.39, 0.29) is 0 Å². The fraction of sp³-hybridized carbons (Fsp3) is 0.333. The first-order valence-electron chi connectivity index (χ1n) is 4.48. The van der Waals surface area contributed by atoms with Crippen LogP contribution in [0.25, 0.3) is 5.57 Å². The summed E-state index contributed by atoms with van der Waals surface area (Å²) in [7, 11) is 0. The monoisotopic (exact) mass is 192 g/mol. The number of thioether (sulfide) groups is 1. The maximum absolute atomic E-state index is 4.07. The number of rotatable bonds is 3. The van der Waals surface area contributed by atoms with Crippen molar-refractivity contribution in [1.82, 2.24) is 0 Å². The molecule has 13 heavy (non-hydrogen) atoms. The van der Waals surface area contributed by atoms with Gasteiger partial charge in [-0.1, -0.05) is 32.6 Å². The highest BCUT2D eigenvalue weighted by molar-refractivity contribution is 7.98. The second-order valence-corrected chi connectivity index (χ2v) is 4.29. The summed E-state index contributed by atoms with van der Waals surface area (Å²) < 4.78 is 0. The van der Waals surface area contributed by atoms with Crippen molar-refractivity contribution in [2.75, 3.05) is 6.26 Å². The number of hydrogen-bond donors (Lipinski definition) is 0. The molecule has 0 bridgehead atoms. The van der Waals surface area contributed by atoms with E-state index in [1.54, 1.807) is 11.8 Å². The van der Waals surface area contributed by atoms with Crippen LogP contribution in [0.2, 0.25) is 0 Å². The molecule has 0 nitrogen and oxygen atoms in total. The zero-order valence-electron chi connectivity index (χ0n) is 8.50. The van der Waals surface area contributed by atoms with Crippen LogP contribution in [0.5, 0.6) is 0 Å². The molecule has 0 saturated heterocycles. The number of hydrogen-bond acceptors (Lipinski definition) is 1. The summed E-state index contributed by atoms with van der Waals surface area (Å²) >= 11 is 1.77. The lowest BCUT2D eigenvalue weighted by Crippen LogP contribution is -1.91. The topological polar surface area (TPSA) is 0 Å². The molecule has 70 valence electrons. The van der Waals surface area contributed by atoms with Crippen LogP contribution in [0.15, 0.2) is 35.7 Å². The van der Waals surface area contributed by atoms with Crippen LogP contribution >= 0.6 is 11.8 Å². The minimum Gasteiger partial charge on any atom is -0.130 e. The van der Waals surface area contributed by atoms with E-state index in [1.165, 1.54) is 16.0 Å². The predicted octanol–water partition coefficient (Wildman–Crippen LogP) is 4.08. The molecule has 1 aromatic carbocycles. The standard InChI is InChI=1S/C12H16S/c1-9(2)10(3)11-5-7-12(13-4)8-6-11/h5-9H,3H2,1-2,4H3. The molecule has 0 fully saturated rings. The van der Waals surface area contributed by atoms with Crippen molar-refractivity contribution in [3.05, 3.63) is 36.4 Å². The fourth-order valence-corrected chi connectivity index (χ4v) is 1.55. The average Bonchev–Trinajstić information content (AvgIpc) is 2.17. The van der Waals surface area contributed by atoms with Crippen LogP contribution in [0.4, 0.5) is 0 Å². The Bertz CT molecular complexity index is 282. The van der Waals surface area contributed by atoms with E-state index in [0.29, 0.717) is 5.92 Å². The lowest BCUT2D eigenvalue weighted by Gasteiger charge is -2.09. The summed E-state index contributed by atoms with van der Waals surface area (Å²) in [5.41, 5.74) is 2.47. The lowest BCUT2D eigenvalue weighted by atomic mass is 9.97. The maximum atomic E-state index is 4.07. The van der Waals surface area contributed by atoms with Crippen molar-refractivity contribution in [2.24, 2.45) is 5.92 Å². The first-order chi connectivity index (χ1) is 6.15. The maximum Gasteiger partial charge on any atom is 0.00695 e. The molecule has 0 aliphatic carbocycles. The molecule has 0 aromatic heterocycles. The van der Waals surface area contributed by atoms with Gasteiger partial charge in [0, 0.05) is 4.90 Å². The largest absolute Gasteiger partial charge is 0.130 e. The van der Waals surface area contributed by atoms with Crippen molar-refractivity contribution < 1.29 is 0 Å². The molecule has 0 aliphatic rings. The Balaban J connectivity index is 2.86. The minimum absolute atomic E-state index is 0.528. The van der Waals surface area contributed by atoms with Gasteiger partial charge in [0.25, 0.3) is 0 Å². The van der Waals surface area contributed by atoms with Crippen LogP contribution in [0.1, 0.15) is 19.4 Å². The van der Waals surface area contributed by atoms with Crippen molar-refractivity contribution >= 4 is 17.3 Å². The Labute approximate surface area is 85.1 Å². The third-order valence-corrected chi connectivity index (χ3v) is 2.90. The Morgan fingerprint density at radius 3 is 2.15 bits per heavy atom. The molecular weight excluding hydrogens is 176 g/mol. The van der Waals surface area contributed by atoms with Crippen molar-refractivity contribution in [1.29, 1.82) is 0 Å². The number of benzene rings is 1. The van der Waals surface area contributed by atoms with Gasteiger partial charge < -0.3 is 0 Å². The Morgan fingerprint density at radius 1 is 1.23 bits per heavy atom. The van der Waals surface area contributed by atoms with Crippen LogP contribution < -0.4 is 0 Å². The molecule has 0 spiro atoms. The summed E-state index contributed by atoms with van der Waals surface area (Å²) in [5, 5.41) is 0. The molecule has 0 radical (unpaired) electrons. The summed E-state index contributed by atoms with van der Waals surface area (Å²) in [6.45, 7) is 8.42. The van der Waals surface area contributed by atoms with Gasteiger partial charge in [0.1, 0.15) is 0 Å². The molecule has 0 saturated carbocycles.